The molecule has 32 heavy (non-hydrogen) atoms. The minimum Gasteiger partial charge on any atom is -0.481 e. The fraction of sp³-hybridized carbons (Fsp3) is 0.240. The summed E-state index contributed by atoms with van der Waals surface area (Å²) < 4.78 is 8.15. The third-order valence-corrected chi connectivity index (χ3v) is 5.43. The van der Waals surface area contributed by atoms with Crippen molar-refractivity contribution in [2.24, 2.45) is 0 Å². The second kappa shape index (κ2) is 10.8. The zero-order valence-corrected chi connectivity index (χ0v) is 20.2. The maximum atomic E-state index is 4.86. The second-order valence-corrected chi connectivity index (χ2v) is 7.96. The molecule has 0 atom stereocenters. The number of pyridine rings is 3. The van der Waals surface area contributed by atoms with Crippen molar-refractivity contribution < 1.29 is 4.74 Å². The normalized spacial score (nSPS) is 10.3. The second-order valence-electron chi connectivity index (χ2n) is 7.35. The first kappa shape index (κ1) is 23.3. The Bertz CT molecular complexity index is 1200. The molecule has 0 aliphatic heterocycles. The van der Waals surface area contributed by atoms with Crippen LogP contribution in [-0.2, 0) is 0 Å². The molecule has 1 aromatic carbocycles. The van der Waals surface area contributed by atoms with E-state index in [1.165, 1.54) is 11.1 Å². The van der Waals surface area contributed by atoms with Crippen molar-refractivity contribution >= 4 is 34.4 Å². The minimum atomic E-state index is 0.667. The number of fused-ring (bicyclic) bond motifs is 1. The Kier molecular flexibility index (Phi) is 7.89. The van der Waals surface area contributed by atoms with Crippen LogP contribution in [0, 0.1) is 20.8 Å². The van der Waals surface area contributed by atoms with E-state index in [2.05, 4.69) is 58.1 Å². The minimum absolute atomic E-state index is 0.667. The summed E-state index contributed by atoms with van der Waals surface area (Å²) in [6.45, 7) is 6.18. The van der Waals surface area contributed by atoms with E-state index >= 15 is 0 Å². The molecule has 7 heteroatoms. The fourth-order valence-electron chi connectivity index (χ4n) is 3.24. The van der Waals surface area contributed by atoms with Gasteiger partial charge in [0.2, 0.25) is 5.88 Å². The highest BCUT2D eigenvalue weighted by atomic mass is 32.2. The van der Waals surface area contributed by atoms with Gasteiger partial charge in [-0.15, -0.1) is 0 Å². The zero-order valence-electron chi connectivity index (χ0n) is 19.4. The van der Waals surface area contributed by atoms with Crippen LogP contribution >= 0.6 is 11.9 Å². The molecule has 0 aliphatic rings. The maximum absolute atomic E-state index is 4.86. The largest absolute Gasteiger partial charge is 0.481 e. The lowest BCUT2D eigenvalue weighted by atomic mass is 9.97. The molecule has 0 unspecified atom stereocenters. The number of nitrogens with one attached hydrogen (secondary N) is 2. The number of ether oxygens (including phenoxy) is 1. The molecule has 6 nitrogen and oxygen atoms in total. The van der Waals surface area contributed by atoms with E-state index in [-0.39, 0.29) is 0 Å². The van der Waals surface area contributed by atoms with Gasteiger partial charge in [-0.05, 0) is 55.7 Å². The van der Waals surface area contributed by atoms with E-state index in [0.29, 0.717) is 5.88 Å². The quantitative estimate of drug-likeness (QED) is 0.361. The van der Waals surface area contributed by atoms with Crippen molar-refractivity contribution in [2.75, 3.05) is 30.5 Å². The van der Waals surface area contributed by atoms with E-state index in [4.69, 9.17) is 9.72 Å². The number of aromatic nitrogens is 3. The number of anilines is 2. The first-order chi connectivity index (χ1) is 15.4. The molecule has 166 valence electrons. The molecule has 0 bridgehead atoms. The van der Waals surface area contributed by atoms with Crippen LogP contribution in [0.2, 0.25) is 0 Å². The summed E-state index contributed by atoms with van der Waals surface area (Å²) >= 11 is 1.59. The summed E-state index contributed by atoms with van der Waals surface area (Å²) in [5.41, 5.74) is 7.82. The third kappa shape index (κ3) is 5.68. The van der Waals surface area contributed by atoms with Gasteiger partial charge in [0.1, 0.15) is 5.82 Å². The molecule has 2 N–H and O–H groups in total. The van der Waals surface area contributed by atoms with E-state index < -0.39 is 0 Å². The van der Waals surface area contributed by atoms with Crippen molar-refractivity contribution in [1.82, 2.24) is 15.0 Å². The summed E-state index contributed by atoms with van der Waals surface area (Å²) in [4.78, 5) is 13.1. The van der Waals surface area contributed by atoms with Gasteiger partial charge < -0.3 is 14.8 Å². The fourth-order valence-corrected chi connectivity index (χ4v) is 3.60. The Labute approximate surface area is 194 Å². The summed E-state index contributed by atoms with van der Waals surface area (Å²) in [5, 5.41) is 4.10. The van der Waals surface area contributed by atoms with Gasteiger partial charge in [-0.2, -0.15) is 0 Å². The summed E-state index contributed by atoms with van der Waals surface area (Å²) in [6.07, 6.45) is 5.67. The summed E-state index contributed by atoms with van der Waals surface area (Å²) in [6, 6.07) is 14.4. The Balaban J connectivity index is 0.000000269. The molecule has 0 amide bonds. The Hall–Kier alpha value is -3.32. The van der Waals surface area contributed by atoms with Gasteiger partial charge in [-0.3, -0.25) is 4.98 Å². The lowest BCUT2D eigenvalue weighted by Crippen LogP contribution is -1.96. The van der Waals surface area contributed by atoms with E-state index in [1.54, 1.807) is 25.3 Å². The Morgan fingerprint density at radius 1 is 0.906 bits per heavy atom. The topological polar surface area (TPSA) is 72.0 Å². The molecule has 0 fully saturated rings. The number of aryl methyl sites for hydroxylation is 3. The molecular weight excluding hydrogens is 418 g/mol. The van der Waals surface area contributed by atoms with E-state index in [0.717, 1.165) is 39.2 Å². The molecule has 3 heterocycles. The van der Waals surface area contributed by atoms with Gasteiger partial charge in [-0.25, -0.2) is 9.97 Å². The zero-order chi connectivity index (χ0) is 23.1. The van der Waals surface area contributed by atoms with Gasteiger partial charge in [0.15, 0.2) is 0 Å². The number of methoxy groups -OCH3 is 1. The van der Waals surface area contributed by atoms with E-state index in [9.17, 15) is 0 Å². The predicted molar refractivity (Wildman–Crippen MR) is 137 cm³/mol. The smallest absolute Gasteiger partial charge is 0.212 e. The third-order valence-electron chi connectivity index (χ3n) is 4.99. The maximum Gasteiger partial charge on any atom is 0.212 e. The number of hydrogen-bond donors (Lipinski definition) is 2. The van der Waals surface area contributed by atoms with Crippen LogP contribution < -0.4 is 14.8 Å². The number of benzene rings is 1. The summed E-state index contributed by atoms with van der Waals surface area (Å²) in [5.74, 6) is 1.50. The van der Waals surface area contributed by atoms with Gasteiger partial charge in [0, 0.05) is 60.2 Å². The van der Waals surface area contributed by atoms with Gasteiger partial charge in [0.05, 0.1) is 12.6 Å². The van der Waals surface area contributed by atoms with Crippen LogP contribution in [0.5, 0.6) is 5.88 Å². The van der Waals surface area contributed by atoms with Crippen LogP contribution in [0.25, 0.3) is 22.0 Å². The molecule has 0 aliphatic carbocycles. The number of hydrogen-bond acceptors (Lipinski definition) is 7. The van der Waals surface area contributed by atoms with Crippen LogP contribution in [0.15, 0.2) is 54.9 Å². The highest BCUT2D eigenvalue weighted by molar-refractivity contribution is 7.99. The summed E-state index contributed by atoms with van der Waals surface area (Å²) in [7, 11) is 3.47. The first-order valence-electron chi connectivity index (χ1n) is 10.3. The molecular formula is C25H29N5OS. The number of rotatable bonds is 5. The molecule has 0 radical (unpaired) electrons. The van der Waals surface area contributed by atoms with Gasteiger partial charge >= 0.3 is 0 Å². The van der Waals surface area contributed by atoms with Crippen molar-refractivity contribution in [3.8, 4) is 17.0 Å². The lowest BCUT2D eigenvalue weighted by molar-refractivity contribution is 0.397. The van der Waals surface area contributed by atoms with Gasteiger partial charge in [0.25, 0.3) is 0 Å². The SMILES string of the molecule is CNc1cc2nc(C)c(-c3cc(NSC)ccc3C)cc2cn1.COc1ccc(C)cn1. The van der Waals surface area contributed by atoms with Crippen molar-refractivity contribution in [3.63, 3.8) is 0 Å². The van der Waals surface area contributed by atoms with Crippen LogP contribution in [0.1, 0.15) is 16.8 Å². The first-order valence-corrected chi connectivity index (χ1v) is 11.5. The number of nitrogens with zero attached hydrogens (tertiary/aromatic N) is 3. The monoisotopic (exact) mass is 447 g/mol. The van der Waals surface area contributed by atoms with Crippen molar-refractivity contribution in [2.45, 2.75) is 20.8 Å². The standard InChI is InChI=1S/C18H20N4S.C7H9NO/c1-11-5-6-14(22-23-4)8-15(11)16-7-13-10-20-18(19-3)9-17(13)21-12(16)2;1-6-3-4-7(9-2)8-5-6/h5-10,22H,1-4H3,(H,19,20);3-5H,1-2H3. The van der Waals surface area contributed by atoms with Crippen LogP contribution in [-0.4, -0.2) is 35.4 Å². The van der Waals surface area contributed by atoms with Crippen molar-refractivity contribution in [1.29, 1.82) is 0 Å². The lowest BCUT2D eigenvalue weighted by Gasteiger charge is -2.13. The molecule has 3 aromatic heterocycles. The molecule has 0 saturated heterocycles. The van der Waals surface area contributed by atoms with Crippen molar-refractivity contribution in [3.05, 3.63) is 71.7 Å². The Morgan fingerprint density at radius 2 is 1.72 bits per heavy atom. The van der Waals surface area contributed by atoms with Crippen LogP contribution in [0.3, 0.4) is 0 Å². The average molecular weight is 448 g/mol. The molecule has 4 aromatic rings. The molecule has 4 rings (SSSR count). The molecule has 0 spiro atoms. The Morgan fingerprint density at radius 3 is 2.38 bits per heavy atom. The highest BCUT2D eigenvalue weighted by Crippen LogP contribution is 2.31. The average Bonchev–Trinajstić information content (AvgIpc) is 2.81. The van der Waals surface area contributed by atoms with E-state index in [1.807, 2.05) is 44.6 Å². The van der Waals surface area contributed by atoms with Gasteiger partial charge in [-0.1, -0.05) is 24.1 Å². The van der Waals surface area contributed by atoms with Crippen LogP contribution in [0.4, 0.5) is 11.5 Å². The predicted octanol–water partition coefficient (Wildman–Crippen LogP) is 6.04. The molecule has 0 saturated carbocycles. The highest BCUT2D eigenvalue weighted by Gasteiger charge is 2.10.